The minimum absolute atomic E-state index is 0.323. The summed E-state index contributed by atoms with van der Waals surface area (Å²) in [4.78, 5) is 3.87. The van der Waals surface area contributed by atoms with Gasteiger partial charge in [0.05, 0.1) is 6.54 Å². The lowest BCUT2D eigenvalue weighted by Gasteiger charge is -2.14. The van der Waals surface area contributed by atoms with Gasteiger partial charge in [0, 0.05) is 19.2 Å². The second kappa shape index (κ2) is 8.90. The van der Waals surface area contributed by atoms with E-state index in [9.17, 15) is 8.78 Å². The standard InChI is InChI=1S/C14H19F2N3O/c1-3-8-20-12-7-5-4-6-11(12)9-18-14(17-2)19-10-13(15)16/h3-7,13H,1,8-10H2,2H3,(H2,17,18,19). The number of para-hydroxylation sites is 1. The Morgan fingerprint density at radius 1 is 1.40 bits per heavy atom. The minimum Gasteiger partial charge on any atom is -0.489 e. The average molecular weight is 283 g/mol. The molecular weight excluding hydrogens is 264 g/mol. The van der Waals surface area contributed by atoms with Crippen LogP contribution in [0.5, 0.6) is 5.75 Å². The molecule has 0 fully saturated rings. The van der Waals surface area contributed by atoms with Gasteiger partial charge >= 0.3 is 0 Å². The average Bonchev–Trinajstić information content (AvgIpc) is 2.46. The predicted octanol–water partition coefficient (Wildman–Crippen LogP) is 2.18. The molecule has 110 valence electrons. The fourth-order valence-electron chi connectivity index (χ4n) is 1.51. The molecule has 0 aliphatic carbocycles. The van der Waals surface area contributed by atoms with E-state index < -0.39 is 13.0 Å². The molecule has 20 heavy (non-hydrogen) atoms. The lowest BCUT2D eigenvalue weighted by Crippen LogP contribution is -2.39. The van der Waals surface area contributed by atoms with E-state index >= 15 is 0 Å². The first-order valence-electron chi connectivity index (χ1n) is 6.21. The minimum atomic E-state index is -2.42. The van der Waals surface area contributed by atoms with Crippen LogP contribution in [0, 0.1) is 0 Å². The second-order valence-corrected chi connectivity index (χ2v) is 3.91. The van der Waals surface area contributed by atoms with E-state index in [4.69, 9.17) is 4.74 Å². The van der Waals surface area contributed by atoms with Gasteiger partial charge in [-0.1, -0.05) is 30.9 Å². The quantitative estimate of drug-likeness (QED) is 0.458. The Labute approximate surface area is 117 Å². The second-order valence-electron chi connectivity index (χ2n) is 3.91. The van der Waals surface area contributed by atoms with Crippen molar-refractivity contribution in [2.45, 2.75) is 13.0 Å². The summed E-state index contributed by atoms with van der Waals surface area (Å²) < 4.78 is 29.8. The highest BCUT2D eigenvalue weighted by molar-refractivity contribution is 5.79. The Bertz CT molecular complexity index is 450. The molecule has 1 aromatic rings. The van der Waals surface area contributed by atoms with Gasteiger partial charge in [0.25, 0.3) is 6.43 Å². The number of benzene rings is 1. The summed E-state index contributed by atoms with van der Waals surface area (Å²) >= 11 is 0. The van der Waals surface area contributed by atoms with Gasteiger partial charge in [0.15, 0.2) is 5.96 Å². The largest absolute Gasteiger partial charge is 0.489 e. The molecule has 0 spiro atoms. The number of nitrogens with one attached hydrogen (secondary N) is 2. The smallest absolute Gasteiger partial charge is 0.255 e. The van der Waals surface area contributed by atoms with Gasteiger partial charge in [0.1, 0.15) is 12.4 Å². The zero-order valence-electron chi connectivity index (χ0n) is 11.4. The number of rotatable bonds is 7. The van der Waals surface area contributed by atoms with Crippen LogP contribution in [0.4, 0.5) is 8.78 Å². The van der Waals surface area contributed by atoms with Gasteiger partial charge in [-0.05, 0) is 6.07 Å². The third kappa shape index (κ3) is 5.69. The highest BCUT2D eigenvalue weighted by Crippen LogP contribution is 2.17. The van der Waals surface area contributed by atoms with Crippen molar-refractivity contribution < 1.29 is 13.5 Å². The Balaban J connectivity index is 2.57. The third-order valence-electron chi connectivity index (χ3n) is 2.42. The molecule has 0 bridgehead atoms. The lowest BCUT2D eigenvalue weighted by atomic mass is 10.2. The third-order valence-corrected chi connectivity index (χ3v) is 2.42. The lowest BCUT2D eigenvalue weighted by molar-refractivity contribution is 0.152. The number of nitrogens with zero attached hydrogens (tertiary/aromatic N) is 1. The maximum atomic E-state index is 12.1. The molecule has 0 saturated carbocycles. The fourth-order valence-corrected chi connectivity index (χ4v) is 1.51. The summed E-state index contributed by atoms with van der Waals surface area (Å²) in [6.07, 6.45) is -0.760. The molecule has 1 aromatic carbocycles. The van der Waals surface area contributed by atoms with Crippen LogP contribution in [0.15, 0.2) is 41.9 Å². The van der Waals surface area contributed by atoms with E-state index in [1.54, 1.807) is 6.08 Å². The van der Waals surface area contributed by atoms with Crippen LogP contribution >= 0.6 is 0 Å². The Morgan fingerprint density at radius 3 is 2.80 bits per heavy atom. The van der Waals surface area contributed by atoms with Gasteiger partial charge in [-0.2, -0.15) is 0 Å². The highest BCUT2D eigenvalue weighted by Gasteiger charge is 2.06. The Hall–Kier alpha value is -2.11. The summed E-state index contributed by atoms with van der Waals surface area (Å²) in [6.45, 7) is 4.00. The van der Waals surface area contributed by atoms with E-state index in [1.807, 2.05) is 24.3 Å². The van der Waals surface area contributed by atoms with Crippen molar-refractivity contribution in [2.24, 2.45) is 4.99 Å². The van der Waals surface area contributed by atoms with Gasteiger partial charge in [-0.3, -0.25) is 4.99 Å². The first kappa shape index (κ1) is 15.9. The van der Waals surface area contributed by atoms with Crippen LogP contribution in [-0.2, 0) is 6.54 Å². The molecule has 0 aliphatic heterocycles. The first-order chi connectivity index (χ1) is 9.67. The number of halogens is 2. The molecule has 0 heterocycles. The molecule has 0 saturated heterocycles. The number of hydrogen-bond donors (Lipinski definition) is 2. The van der Waals surface area contributed by atoms with Gasteiger partial charge in [0.2, 0.25) is 0 Å². The van der Waals surface area contributed by atoms with Gasteiger partial charge in [-0.25, -0.2) is 8.78 Å². The van der Waals surface area contributed by atoms with Crippen LogP contribution in [0.3, 0.4) is 0 Å². The SMILES string of the molecule is C=CCOc1ccccc1CNC(=NC)NCC(F)F. The Morgan fingerprint density at radius 2 is 2.15 bits per heavy atom. The number of hydrogen-bond acceptors (Lipinski definition) is 2. The fraction of sp³-hybridized carbons (Fsp3) is 0.357. The summed E-state index contributed by atoms with van der Waals surface area (Å²) in [5.74, 6) is 1.05. The van der Waals surface area contributed by atoms with Crippen molar-refractivity contribution in [3.63, 3.8) is 0 Å². The molecule has 0 amide bonds. The van der Waals surface area contributed by atoms with Crippen molar-refractivity contribution in [1.82, 2.24) is 10.6 Å². The van der Waals surface area contributed by atoms with E-state index in [0.29, 0.717) is 19.1 Å². The molecule has 0 aromatic heterocycles. The molecule has 0 unspecified atom stereocenters. The normalized spacial score (nSPS) is 11.3. The van der Waals surface area contributed by atoms with Crippen LogP contribution < -0.4 is 15.4 Å². The van der Waals surface area contributed by atoms with Crippen molar-refractivity contribution in [3.05, 3.63) is 42.5 Å². The zero-order valence-corrected chi connectivity index (χ0v) is 11.4. The van der Waals surface area contributed by atoms with Crippen LogP contribution in [-0.4, -0.2) is 32.6 Å². The number of ether oxygens (including phenoxy) is 1. The van der Waals surface area contributed by atoms with Crippen molar-refractivity contribution in [1.29, 1.82) is 0 Å². The number of aliphatic imine (C=N–C) groups is 1. The molecule has 0 atom stereocenters. The Kier molecular flexibility index (Phi) is 7.10. The van der Waals surface area contributed by atoms with Gasteiger partial charge in [-0.15, -0.1) is 0 Å². The maximum Gasteiger partial charge on any atom is 0.255 e. The van der Waals surface area contributed by atoms with Crippen molar-refractivity contribution >= 4 is 5.96 Å². The molecule has 4 nitrogen and oxygen atoms in total. The topological polar surface area (TPSA) is 45.6 Å². The van der Waals surface area contributed by atoms with Crippen molar-refractivity contribution in [3.8, 4) is 5.75 Å². The van der Waals surface area contributed by atoms with E-state index in [-0.39, 0.29) is 0 Å². The molecule has 1 rings (SSSR count). The van der Waals surface area contributed by atoms with E-state index in [0.717, 1.165) is 11.3 Å². The van der Waals surface area contributed by atoms with E-state index in [1.165, 1.54) is 7.05 Å². The molecule has 6 heteroatoms. The van der Waals surface area contributed by atoms with Crippen molar-refractivity contribution in [2.75, 3.05) is 20.2 Å². The molecule has 0 aliphatic rings. The summed E-state index contributed by atoms with van der Waals surface area (Å²) in [7, 11) is 1.53. The monoisotopic (exact) mass is 283 g/mol. The highest BCUT2D eigenvalue weighted by atomic mass is 19.3. The van der Waals surface area contributed by atoms with Gasteiger partial charge < -0.3 is 15.4 Å². The van der Waals surface area contributed by atoms with Crippen LogP contribution in [0.25, 0.3) is 0 Å². The molecule has 0 radical (unpaired) electrons. The molecule has 2 N–H and O–H groups in total. The summed E-state index contributed by atoms with van der Waals surface area (Å²) in [6, 6.07) is 7.49. The number of guanidine groups is 1. The summed E-state index contributed by atoms with van der Waals surface area (Å²) in [5.41, 5.74) is 0.911. The summed E-state index contributed by atoms with van der Waals surface area (Å²) in [5, 5.41) is 5.49. The predicted molar refractivity (Wildman–Crippen MR) is 76.3 cm³/mol. The van der Waals surface area contributed by atoms with E-state index in [2.05, 4.69) is 22.2 Å². The van der Waals surface area contributed by atoms with Crippen LogP contribution in [0.1, 0.15) is 5.56 Å². The molecular formula is C14H19F2N3O. The van der Waals surface area contributed by atoms with Crippen LogP contribution in [0.2, 0.25) is 0 Å². The zero-order chi connectivity index (χ0) is 14.8. The first-order valence-corrected chi connectivity index (χ1v) is 6.21. The number of alkyl halides is 2. The maximum absolute atomic E-state index is 12.1.